The van der Waals surface area contributed by atoms with Crippen LogP contribution < -0.4 is 25.4 Å². The predicted molar refractivity (Wildman–Crippen MR) is 121 cm³/mol. The molecule has 1 saturated carbocycles. The van der Waals surface area contributed by atoms with Crippen LogP contribution >= 0.6 is 24.0 Å². The number of aliphatic imine (C=N–C) groups is 1. The summed E-state index contributed by atoms with van der Waals surface area (Å²) in [7, 11) is 0. The van der Waals surface area contributed by atoms with Gasteiger partial charge in [-0.2, -0.15) is 0 Å². The van der Waals surface area contributed by atoms with Crippen molar-refractivity contribution in [1.82, 2.24) is 16.0 Å². The van der Waals surface area contributed by atoms with Crippen molar-refractivity contribution in [2.24, 2.45) is 4.99 Å². The second-order valence-corrected chi connectivity index (χ2v) is 8.20. The molecule has 1 aromatic rings. The summed E-state index contributed by atoms with van der Waals surface area (Å²) in [5, 5.41) is 9.53. The number of fused-ring (bicyclic) bond motifs is 1. The second-order valence-electron chi connectivity index (χ2n) is 8.20. The highest BCUT2D eigenvalue weighted by Crippen LogP contribution is 2.49. The van der Waals surface area contributed by atoms with E-state index in [2.05, 4.69) is 33.1 Å². The Bertz CT molecular complexity index is 727. The molecule has 156 valence electrons. The molecule has 1 aliphatic carbocycles. The quantitative estimate of drug-likeness (QED) is 0.317. The van der Waals surface area contributed by atoms with E-state index >= 15 is 0 Å². The predicted octanol–water partition coefficient (Wildman–Crippen LogP) is 2.53. The zero-order valence-corrected chi connectivity index (χ0v) is 19.4. The molecule has 28 heavy (non-hydrogen) atoms. The van der Waals surface area contributed by atoms with E-state index in [1.807, 2.05) is 33.8 Å². The van der Waals surface area contributed by atoms with E-state index in [0.717, 1.165) is 37.4 Å². The van der Waals surface area contributed by atoms with Gasteiger partial charge in [0, 0.05) is 24.0 Å². The van der Waals surface area contributed by atoms with Gasteiger partial charge in [-0.15, -0.1) is 24.0 Å². The summed E-state index contributed by atoms with van der Waals surface area (Å²) in [6.45, 7) is 9.78. The van der Waals surface area contributed by atoms with Crippen molar-refractivity contribution < 1.29 is 14.3 Å². The summed E-state index contributed by atoms with van der Waals surface area (Å²) >= 11 is 0. The molecular formula is C20H31IN4O3. The van der Waals surface area contributed by atoms with Gasteiger partial charge in [-0.3, -0.25) is 4.79 Å². The molecule has 0 saturated heterocycles. The summed E-state index contributed by atoms with van der Waals surface area (Å²) < 4.78 is 10.9. The Morgan fingerprint density at radius 2 is 1.89 bits per heavy atom. The number of hydrogen-bond donors (Lipinski definition) is 3. The summed E-state index contributed by atoms with van der Waals surface area (Å²) in [5.41, 5.74) is 1.08. The first-order valence-electron chi connectivity index (χ1n) is 9.55. The molecule has 7 nitrogen and oxygen atoms in total. The Kier molecular flexibility index (Phi) is 7.41. The minimum atomic E-state index is -0.254. The number of benzene rings is 1. The zero-order chi connectivity index (χ0) is 19.5. The van der Waals surface area contributed by atoms with E-state index in [1.54, 1.807) is 0 Å². The average molecular weight is 502 g/mol. The molecule has 0 atom stereocenters. The summed E-state index contributed by atoms with van der Waals surface area (Å²) in [5.74, 6) is 2.20. The third-order valence-corrected chi connectivity index (χ3v) is 4.67. The number of hydrogen-bond acceptors (Lipinski definition) is 4. The maximum Gasteiger partial charge on any atom is 0.242 e. The van der Waals surface area contributed by atoms with Crippen LogP contribution in [0.3, 0.4) is 0 Å². The Morgan fingerprint density at radius 1 is 1.18 bits per heavy atom. The van der Waals surface area contributed by atoms with Gasteiger partial charge in [-0.1, -0.05) is 6.07 Å². The van der Waals surface area contributed by atoms with E-state index in [-0.39, 0.29) is 54.2 Å². The molecule has 2 aliphatic rings. The SMILES string of the molecule is CCNC(=NCC(=O)NC(C)(C)C)NCC1(c2ccc3c(c2)OCO3)CC1.I. The lowest BCUT2D eigenvalue weighted by Crippen LogP contribution is -2.44. The molecule has 1 amide bonds. The molecule has 3 rings (SSSR count). The first-order valence-corrected chi connectivity index (χ1v) is 9.55. The summed E-state index contributed by atoms with van der Waals surface area (Å²) in [6, 6.07) is 6.18. The van der Waals surface area contributed by atoms with Gasteiger partial charge in [-0.05, 0) is 58.2 Å². The van der Waals surface area contributed by atoms with Crippen molar-refractivity contribution in [2.45, 2.75) is 51.5 Å². The van der Waals surface area contributed by atoms with Gasteiger partial charge in [0.15, 0.2) is 17.5 Å². The van der Waals surface area contributed by atoms with Crippen LogP contribution in [0, 0.1) is 0 Å². The highest BCUT2D eigenvalue weighted by molar-refractivity contribution is 14.0. The van der Waals surface area contributed by atoms with E-state index in [1.165, 1.54) is 5.56 Å². The molecule has 0 bridgehead atoms. The number of carbonyl (C=O) groups is 1. The van der Waals surface area contributed by atoms with Gasteiger partial charge in [0.05, 0.1) is 0 Å². The minimum Gasteiger partial charge on any atom is -0.454 e. The number of rotatable bonds is 6. The van der Waals surface area contributed by atoms with Crippen LogP contribution in [-0.4, -0.2) is 43.8 Å². The fraction of sp³-hybridized carbons (Fsp3) is 0.600. The topological polar surface area (TPSA) is 84.0 Å². The molecular weight excluding hydrogens is 471 g/mol. The first-order chi connectivity index (χ1) is 12.8. The minimum absolute atomic E-state index is 0. The Balaban J connectivity index is 0.00000280. The monoisotopic (exact) mass is 502 g/mol. The average Bonchev–Trinajstić information content (AvgIpc) is 3.24. The van der Waals surface area contributed by atoms with Gasteiger partial charge in [0.1, 0.15) is 6.54 Å². The normalized spacial score (nSPS) is 16.8. The Morgan fingerprint density at radius 3 is 2.54 bits per heavy atom. The molecule has 1 aliphatic heterocycles. The van der Waals surface area contributed by atoms with Crippen LogP contribution in [-0.2, 0) is 10.2 Å². The van der Waals surface area contributed by atoms with Gasteiger partial charge < -0.3 is 25.4 Å². The van der Waals surface area contributed by atoms with Crippen molar-refractivity contribution >= 4 is 35.8 Å². The Labute approximate surface area is 184 Å². The van der Waals surface area contributed by atoms with E-state index in [9.17, 15) is 4.79 Å². The third kappa shape index (κ3) is 5.89. The number of guanidine groups is 1. The van der Waals surface area contributed by atoms with Crippen LogP contribution in [0.2, 0.25) is 0 Å². The van der Waals surface area contributed by atoms with E-state index in [4.69, 9.17) is 9.47 Å². The maximum atomic E-state index is 12.0. The number of nitrogens with one attached hydrogen (secondary N) is 3. The maximum absolute atomic E-state index is 12.0. The van der Waals surface area contributed by atoms with Crippen molar-refractivity contribution in [3.8, 4) is 11.5 Å². The standard InChI is InChI=1S/C20H30N4O3.HI/c1-5-21-18(22-11-17(25)24-19(2,3)4)23-12-20(8-9-20)14-6-7-15-16(10-14)27-13-26-15;/h6-7,10H,5,8-9,11-13H2,1-4H3,(H,24,25)(H2,21,22,23);1H. The second kappa shape index (κ2) is 9.19. The molecule has 1 fully saturated rings. The molecule has 8 heteroatoms. The largest absolute Gasteiger partial charge is 0.454 e. The van der Waals surface area contributed by atoms with E-state index < -0.39 is 0 Å². The number of nitrogens with zero attached hydrogens (tertiary/aromatic N) is 1. The molecule has 0 aromatic heterocycles. The van der Waals surface area contributed by atoms with Gasteiger partial charge in [-0.25, -0.2) is 4.99 Å². The Hall–Kier alpha value is -1.71. The molecule has 3 N–H and O–H groups in total. The molecule has 1 aromatic carbocycles. The highest BCUT2D eigenvalue weighted by atomic mass is 127. The van der Waals surface area contributed by atoms with Crippen molar-refractivity contribution in [3.05, 3.63) is 23.8 Å². The lowest BCUT2D eigenvalue weighted by molar-refractivity contribution is -0.121. The molecule has 0 spiro atoms. The van der Waals surface area contributed by atoms with Gasteiger partial charge in [0.25, 0.3) is 0 Å². The van der Waals surface area contributed by atoms with Crippen molar-refractivity contribution in [2.75, 3.05) is 26.4 Å². The van der Waals surface area contributed by atoms with Crippen LogP contribution in [0.25, 0.3) is 0 Å². The molecule has 1 heterocycles. The lowest BCUT2D eigenvalue weighted by atomic mass is 9.95. The van der Waals surface area contributed by atoms with Crippen LogP contribution in [0.15, 0.2) is 23.2 Å². The van der Waals surface area contributed by atoms with Gasteiger partial charge >= 0.3 is 0 Å². The van der Waals surface area contributed by atoms with Crippen molar-refractivity contribution in [3.63, 3.8) is 0 Å². The summed E-state index contributed by atoms with van der Waals surface area (Å²) in [6.07, 6.45) is 2.23. The van der Waals surface area contributed by atoms with Crippen molar-refractivity contribution in [1.29, 1.82) is 0 Å². The van der Waals surface area contributed by atoms with Crippen LogP contribution in [0.1, 0.15) is 46.1 Å². The van der Waals surface area contributed by atoms with E-state index in [0.29, 0.717) is 5.96 Å². The van der Waals surface area contributed by atoms with Crippen LogP contribution in [0.4, 0.5) is 0 Å². The fourth-order valence-corrected chi connectivity index (χ4v) is 3.15. The number of ether oxygens (including phenoxy) is 2. The first kappa shape index (κ1) is 22.6. The summed E-state index contributed by atoms with van der Waals surface area (Å²) in [4.78, 5) is 16.4. The highest BCUT2D eigenvalue weighted by Gasteiger charge is 2.44. The van der Waals surface area contributed by atoms with Crippen LogP contribution in [0.5, 0.6) is 11.5 Å². The number of carbonyl (C=O) groups excluding carboxylic acids is 1. The molecule has 0 radical (unpaired) electrons. The number of amides is 1. The van der Waals surface area contributed by atoms with Gasteiger partial charge in [0.2, 0.25) is 12.7 Å². The fourth-order valence-electron chi connectivity index (χ4n) is 3.15. The number of halogens is 1. The molecule has 0 unspecified atom stereocenters. The third-order valence-electron chi connectivity index (χ3n) is 4.67. The smallest absolute Gasteiger partial charge is 0.242 e. The lowest BCUT2D eigenvalue weighted by Gasteiger charge is -2.21. The zero-order valence-electron chi connectivity index (χ0n) is 17.1.